The van der Waals surface area contributed by atoms with Crippen LogP contribution >= 0.6 is 0 Å². The fourth-order valence-corrected chi connectivity index (χ4v) is 4.59. The molecule has 7 heteroatoms. The molecule has 1 aliphatic heterocycles. The van der Waals surface area contributed by atoms with Gasteiger partial charge in [0, 0.05) is 24.4 Å². The van der Waals surface area contributed by atoms with Crippen LogP contribution in [-0.2, 0) is 16.6 Å². The van der Waals surface area contributed by atoms with E-state index in [1.54, 1.807) is 18.3 Å². The van der Waals surface area contributed by atoms with Gasteiger partial charge in [-0.1, -0.05) is 12.8 Å². The molecule has 3 rings (SSSR count). The van der Waals surface area contributed by atoms with E-state index in [2.05, 4.69) is 14.7 Å². The number of aliphatic hydroxyl groups excluding tert-OH is 1. The van der Waals surface area contributed by atoms with Crippen molar-refractivity contribution in [3.05, 3.63) is 29.6 Å². The van der Waals surface area contributed by atoms with Gasteiger partial charge in [0.25, 0.3) is 10.0 Å². The van der Waals surface area contributed by atoms with Gasteiger partial charge >= 0.3 is 0 Å². The molecular formula is C14H19N3O3S. The molecule has 0 unspecified atom stereocenters. The maximum atomic E-state index is 12.6. The highest BCUT2D eigenvalue weighted by Crippen LogP contribution is 2.26. The third-order valence-corrected chi connectivity index (χ3v) is 5.67. The molecule has 1 aromatic rings. The smallest absolute Gasteiger partial charge is 0.258 e. The highest BCUT2D eigenvalue weighted by atomic mass is 32.2. The van der Waals surface area contributed by atoms with Crippen molar-refractivity contribution < 1.29 is 13.5 Å². The predicted octanol–water partition coefficient (Wildman–Crippen LogP) is 0.812. The summed E-state index contributed by atoms with van der Waals surface area (Å²) < 4.78 is 27.9. The van der Waals surface area contributed by atoms with Crippen LogP contribution in [0.3, 0.4) is 0 Å². The van der Waals surface area contributed by atoms with Crippen molar-refractivity contribution in [2.75, 3.05) is 6.61 Å². The van der Waals surface area contributed by atoms with E-state index in [-0.39, 0.29) is 23.6 Å². The molecule has 1 saturated carbocycles. The van der Waals surface area contributed by atoms with Crippen LogP contribution in [0.5, 0.6) is 0 Å². The number of aromatic nitrogens is 1. The summed E-state index contributed by atoms with van der Waals surface area (Å²) in [6, 6.07) is 3.24. The quantitative estimate of drug-likeness (QED) is 0.864. The molecule has 1 aliphatic carbocycles. The lowest BCUT2D eigenvalue weighted by Crippen LogP contribution is -2.45. The standard InChI is InChI=1S/C14H19N3O3S/c18-9-10-4-1-2-6-12(10)17-21(19,20)14-11-5-3-7-15-13(11)8-16-14/h3,5,7,10,12,17-18H,1-2,4,6,8-9H2/t10-,12-/m0/s1. The molecule has 2 heterocycles. The van der Waals surface area contributed by atoms with E-state index in [0.29, 0.717) is 17.8 Å². The van der Waals surface area contributed by atoms with E-state index in [1.807, 2.05) is 0 Å². The number of nitrogens with one attached hydrogen (secondary N) is 1. The van der Waals surface area contributed by atoms with Gasteiger partial charge in [0.05, 0.1) is 12.2 Å². The third-order valence-electron chi connectivity index (χ3n) is 4.20. The number of rotatable bonds is 3. The molecule has 2 N–H and O–H groups in total. The summed E-state index contributed by atoms with van der Waals surface area (Å²) in [5.74, 6) is -0.0103. The van der Waals surface area contributed by atoms with Gasteiger partial charge in [-0.05, 0) is 30.9 Å². The lowest BCUT2D eigenvalue weighted by Gasteiger charge is -2.30. The number of hydrogen-bond acceptors (Lipinski definition) is 5. The van der Waals surface area contributed by atoms with Crippen molar-refractivity contribution in [3.8, 4) is 0 Å². The topological polar surface area (TPSA) is 91.7 Å². The highest BCUT2D eigenvalue weighted by Gasteiger charge is 2.33. The van der Waals surface area contributed by atoms with E-state index >= 15 is 0 Å². The van der Waals surface area contributed by atoms with Crippen LogP contribution in [0.4, 0.5) is 0 Å². The lowest BCUT2D eigenvalue weighted by atomic mass is 9.86. The molecule has 0 radical (unpaired) electrons. The second-order valence-corrected chi connectivity index (χ2v) is 7.20. The monoisotopic (exact) mass is 309 g/mol. The molecule has 0 spiro atoms. The van der Waals surface area contributed by atoms with E-state index in [9.17, 15) is 13.5 Å². The van der Waals surface area contributed by atoms with E-state index < -0.39 is 10.0 Å². The lowest BCUT2D eigenvalue weighted by molar-refractivity contribution is 0.164. The van der Waals surface area contributed by atoms with Gasteiger partial charge in [0.2, 0.25) is 0 Å². The Kier molecular flexibility index (Phi) is 4.05. The van der Waals surface area contributed by atoms with E-state index in [4.69, 9.17) is 0 Å². The van der Waals surface area contributed by atoms with Crippen LogP contribution in [0.1, 0.15) is 36.9 Å². The number of fused-ring (bicyclic) bond motifs is 1. The predicted molar refractivity (Wildman–Crippen MR) is 79.4 cm³/mol. The zero-order chi connectivity index (χ0) is 14.9. The first-order chi connectivity index (χ1) is 10.1. The number of aliphatic imine (C=N–C) groups is 1. The Morgan fingerprint density at radius 3 is 2.95 bits per heavy atom. The van der Waals surface area contributed by atoms with Gasteiger partial charge in [0.15, 0.2) is 5.04 Å². The Bertz CT molecular complexity index is 657. The summed E-state index contributed by atoms with van der Waals surface area (Å²) in [6.45, 7) is 0.318. The molecule has 1 fully saturated rings. The van der Waals surface area contributed by atoms with Crippen molar-refractivity contribution in [1.82, 2.24) is 9.71 Å². The molecule has 1 aromatic heterocycles. The first kappa shape index (κ1) is 14.6. The molecule has 0 bridgehead atoms. The Hall–Kier alpha value is -1.31. The van der Waals surface area contributed by atoms with E-state index in [0.717, 1.165) is 25.7 Å². The SMILES string of the molecule is O=S(=O)(N[C@H]1CCCC[C@H]1CO)C1=NCc2ncccc21. The van der Waals surface area contributed by atoms with Crippen molar-refractivity contribution in [2.45, 2.75) is 38.3 Å². The number of hydrogen-bond donors (Lipinski definition) is 2. The number of sulfonamides is 1. The largest absolute Gasteiger partial charge is 0.396 e. The molecule has 0 saturated heterocycles. The number of pyridine rings is 1. The fourth-order valence-electron chi connectivity index (χ4n) is 3.06. The molecule has 0 amide bonds. The summed E-state index contributed by atoms with van der Waals surface area (Å²) in [7, 11) is -3.67. The molecule has 6 nitrogen and oxygen atoms in total. The Morgan fingerprint density at radius 1 is 1.33 bits per heavy atom. The fraction of sp³-hybridized carbons (Fsp3) is 0.571. The van der Waals surface area contributed by atoms with Gasteiger partial charge in [-0.3, -0.25) is 9.98 Å². The van der Waals surface area contributed by atoms with Crippen molar-refractivity contribution >= 4 is 15.1 Å². The molecular weight excluding hydrogens is 290 g/mol. The van der Waals surface area contributed by atoms with Crippen LogP contribution in [0.15, 0.2) is 23.3 Å². The van der Waals surface area contributed by atoms with Crippen LogP contribution in [-0.4, -0.2) is 36.2 Å². The first-order valence-corrected chi connectivity index (χ1v) is 8.72. The second kappa shape index (κ2) is 5.82. The highest BCUT2D eigenvalue weighted by molar-refractivity contribution is 8.05. The Morgan fingerprint density at radius 2 is 2.14 bits per heavy atom. The summed E-state index contributed by atoms with van der Waals surface area (Å²) in [5.41, 5.74) is 1.28. The number of aliphatic hydroxyl groups is 1. The minimum Gasteiger partial charge on any atom is -0.396 e. The van der Waals surface area contributed by atoms with Crippen LogP contribution in [0, 0.1) is 5.92 Å². The van der Waals surface area contributed by atoms with Crippen LogP contribution < -0.4 is 4.72 Å². The van der Waals surface area contributed by atoms with Crippen molar-refractivity contribution in [1.29, 1.82) is 0 Å². The second-order valence-electron chi connectivity index (χ2n) is 5.57. The van der Waals surface area contributed by atoms with Gasteiger partial charge in [-0.2, -0.15) is 0 Å². The molecule has 2 atom stereocenters. The first-order valence-electron chi connectivity index (χ1n) is 7.24. The van der Waals surface area contributed by atoms with Crippen LogP contribution in [0.25, 0.3) is 0 Å². The average Bonchev–Trinajstić information content (AvgIpc) is 2.92. The normalized spacial score (nSPS) is 25.5. The zero-order valence-corrected chi connectivity index (χ0v) is 12.5. The van der Waals surface area contributed by atoms with E-state index in [1.165, 1.54) is 0 Å². The molecule has 2 aliphatic rings. The van der Waals surface area contributed by atoms with Gasteiger partial charge in [0.1, 0.15) is 0 Å². The molecule has 0 aromatic carbocycles. The third kappa shape index (κ3) is 2.86. The molecule has 21 heavy (non-hydrogen) atoms. The van der Waals surface area contributed by atoms with Crippen LogP contribution in [0.2, 0.25) is 0 Å². The Balaban J connectivity index is 1.82. The Labute approximate surface area is 124 Å². The van der Waals surface area contributed by atoms with Gasteiger partial charge in [-0.15, -0.1) is 0 Å². The maximum Gasteiger partial charge on any atom is 0.258 e. The minimum absolute atomic E-state index is 0.0103. The maximum absolute atomic E-state index is 12.6. The van der Waals surface area contributed by atoms with Crippen molar-refractivity contribution in [2.24, 2.45) is 10.9 Å². The molecule has 114 valence electrons. The van der Waals surface area contributed by atoms with Crippen molar-refractivity contribution in [3.63, 3.8) is 0 Å². The van der Waals surface area contributed by atoms with Gasteiger partial charge < -0.3 is 5.11 Å². The summed E-state index contributed by atoms with van der Waals surface area (Å²) in [4.78, 5) is 8.29. The number of nitrogens with zero attached hydrogens (tertiary/aromatic N) is 2. The summed E-state index contributed by atoms with van der Waals surface area (Å²) in [5, 5.41) is 9.48. The zero-order valence-electron chi connectivity index (χ0n) is 11.7. The summed E-state index contributed by atoms with van der Waals surface area (Å²) >= 11 is 0. The van der Waals surface area contributed by atoms with Gasteiger partial charge in [-0.25, -0.2) is 13.1 Å². The average molecular weight is 309 g/mol. The minimum atomic E-state index is -3.67. The summed E-state index contributed by atoms with van der Waals surface area (Å²) in [6.07, 6.45) is 5.28.